The van der Waals surface area contributed by atoms with Crippen molar-refractivity contribution >= 4 is 17.5 Å². The van der Waals surface area contributed by atoms with Gasteiger partial charge in [0.1, 0.15) is 0 Å². The predicted molar refractivity (Wildman–Crippen MR) is 70.4 cm³/mol. The first-order chi connectivity index (χ1) is 8.56. The molecule has 96 valence electrons. The molecule has 0 unspecified atom stereocenters. The number of nitrogens with one attached hydrogen (secondary N) is 1. The van der Waals surface area contributed by atoms with Crippen LogP contribution >= 0.6 is 0 Å². The number of carbonyl (C=O) groups is 2. The molecule has 1 aliphatic rings. The third-order valence-corrected chi connectivity index (χ3v) is 3.10. The Labute approximate surface area is 107 Å². The molecule has 1 aromatic rings. The average Bonchev–Trinajstić information content (AvgIpc) is 3.12. The lowest BCUT2D eigenvalue weighted by atomic mass is 10.1. The second-order valence-corrected chi connectivity index (χ2v) is 4.76. The lowest BCUT2D eigenvalue weighted by molar-refractivity contribution is -0.120. The molecule has 0 aliphatic heterocycles. The van der Waals surface area contributed by atoms with Crippen LogP contribution in [0.1, 0.15) is 25.3 Å². The third kappa shape index (κ3) is 3.32. The Kier molecular flexibility index (Phi) is 3.65. The van der Waals surface area contributed by atoms with E-state index in [1.165, 1.54) is 6.92 Å². The molecular weight excluding hydrogens is 228 g/mol. The number of benzene rings is 1. The summed E-state index contributed by atoms with van der Waals surface area (Å²) < 4.78 is 0. The minimum Gasteiger partial charge on any atom is -0.353 e. The number of hydrogen-bond donors (Lipinski definition) is 1. The first kappa shape index (κ1) is 12.6. The molecule has 0 spiro atoms. The van der Waals surface area contributed by atoms with Gasteiger partial charge in [-0.2, -0.15) is 0 Å². The quantitative estimate of drug-likeness (QED) is 0.875. The molecule has 1 fully saturated rings. The molecule has 4 nitrogen and oxygen atoms in total. The van der Waals surface area contributed by atoms with Gasteiger partial charge in [-0.05, 0) is 30.5 Å². The first-order valence-corrected chi connectivity index (χ1v) is 6.19. The molecule has 4 heteroatoms. The maximum atomic E-state index is 11.6. The van der Waals surface area contributed by atoms with Crippen LogP contribution in [0.5, 0.6) is 0 Å². The second-order valence-electron chi connectivity index (χ2n) is 4.76. The molecule has 0 radical (unpaired) electrons. The Balaban J connectivity index is 1.94. The van der Waals surface area contributed by atoms with Crippen molar-refractivity contribution in [1.82, 2.24) is 5.32 Å². The third-order valence-electron chi connectivity index (χ3n) is 3.10. The zero-order valence-electron chi connectivity index (χ0n) is 10.8. The molecule has 2 amide bonds. The summed E-state index contributed by atoms with van der Waals surface area (Å²) in [7, 11) is 1.73. The molecule has 0 atom stereocenters. The highest BCUT2D eigenvalue weighted by atomic mass is 16.2. The normalized spacial score (nSPS) is 14.1. The fraction of sp³-hybridized carbons (Fsp3) is 0.429. The van der Waals surface area contributed by atoms with Gasteiger partial charge in [0.2, 0.25) is 11.8 Å². The Morgan fingerprint density at radius 1 is 1.28 bits per heavy atom. The first-order valence-electron chi connectivity index (χ1n) is 6.19. The van der Waals surface area contributed by atoms with Gasteiger partial charge in [0, 0.05) is 25.7 Å². The Hall–Kier alpha value is -1.84. The SMILES string of the molecule is CC(=O)N(C)c1ccc(CC(=O)NC2CC2)cc1. The van der Waals surface area contributed by atoms with Crippen molar-refractivity contribution in [2.45, 2.75) is 32.2 Å². The van der Waals surface area contributed by atoms with Gasteiger partial charge in [-0.25, -0.2) is 0 Å². The molecule has 1 saturated carbocycles. The summed E-state index contributed by atoms with van der Waals surface area (Å²) in [4.78, 5) is 24.4. The second kappa shape index (κ2) is 5.21. The number of nitrogens with zero attached hydrogens (tertiary/aromatic N) is 1. The number of hydrogen-bond acceptors (Lipinski definition) is 2. The van der Waals surface area contributed by atoms with Crippen LogP contribution < -0.4 is 10.2 Å². The van der Waals surface area contributed by atoms with Crippen molar-refractivity contribution < 1.29 is 9.59 Å². The summed E-state index contributed by atoms with van der Waals surface area (Å²) >= 11 is 0. The van der Waals surface area contributed by atoms with Gasteiger partial charge < -0.3 is 10.2 Å². The standard InChI is InChI=1S/C14H18N2O2/c1-10(17)16(2)13-7-3-11(4-8-13)9-14(18)15-12-5-6-12/h3-4,7-8,12H,5-6,9H2,1-2H3,(H,15,18). The van der Waals surface area contributed by atoms with Gasteiger partial charge >= 0.3 is 0 Å². The predicted octanol–water partition coefficient (Wildman–Crippen LogP) is 1.49. The Morgan fingerprint density at radius 2 is 1.89 bits per heavy atom. The maximum absolute atomic E-state index is 11.6. The molecule has 0 saturated heterocycles. The molecule has 0 heterocycles. The molecule has 1 aromatic carbocycles. The highest BCUT2D eigenvalue weighted by molar-refractivity contribution is 5.90. The fourth-order valence-electron chi connectivity index (χ4n) is 1.71. The average molecular weight is 246 g/mol. The number of rotatable bonds is 4. The smallest absolute Gasteiger partial charge is 0.224 e. The number of carbonyl (C=O) groups excluding carboxylic acids is 2. The van der Waals surface area contributed by atoms with E-state index in [-0.39, 0.29) is 11.8 Å². The molecule has 1 N–H and O–H groups in total. The Bertz CT molecular complexity index is 449. The van der Waals surface area contributed by atoms with Crippen LogP contribution in [-0.4, -0.2) is 24.9 Å². The van der Waals surface area contributed by atoms with Crippen LogP contribution in [0.15, 0.2) is 24.3 Å². The highest BCUT2D eigenvalue weighted by Gasteiger charge is 2.23. The molecular formula is C14H18N2O2. The monoisotopic (exact) mass is 246 g/mol. The van der Waals surface area contributed by atoms with Crippen molar-refractivity contribution in [2.24, 2.45) is 0 Å². The van der Waals surface area contributed by atoms with Crippen molar-refractivity contribution in [3.63, 3.8) is 0 Å². The summed E-state index contributed by atoms with van der Waals surface area (Å²) in [5.41, 5.74) is 1.81. The topological polar surface area (TPSA) is 49.4 Å². The highest BCUT2D eigenvalue weighted by Crippen LogP contribution is 2.19. The maximum Gasteiger partial charge on any atom is 0.224 e. The van der Waals surface area contributed by atoms with Crippen molar-refractivity contribution in [3.8, 4) is 0 Å². The summed E-state index contributed by atoms with van der Waals surface area (Å²) in [6.07, 6.45) is 2.61. The summed E-state index contributed by atoms with van der Waals surface area (Å²) in [5.74, 6) is 0.0689. The van der Waals surface area contributed by atoms with E-state index in [2.05, 4.69) is 5.32 Å². The van der Waals surface area contributed by atoms with E-state index < -0.39 is 0 Å². The number of amides is 2. The van der Waals surface area contributed by atoms with E-state index in [0.717, 1.165) is 24.1 Å². The molecule has 2 rings (SSSR count). The zero-order valence-corrected chi connectivity index (χ0v) is 10.8. The van der Waals surface area contributed by atoms with Gasteiger partial charge in [-0.1, -0.05) is 12.1 Å². The zero-order chi connectivity index (χ0) is 13.1. The van der Waals surface area contributed by atoms with Crippen LogP contribution in [0.25, 0.3) is 0 Å². The van der Waals surface area contributed by atoms with E-state index in [4.69, 9.17) is 0 Å². The molecule has 18 heavy (non-hydrogen) atoms. The van der Waals surface area contributed by atoms with Crippen LogP contribution in [0.4, 0.5) is 5.69 Å². The van der Waals surface area contributed by atoms with Gasteiger partial charge in [0.15, 0.2) is 0 Å². The van der Waals surface area contributed by atoms with Gasteiger partial charge in [0.05, 0.1) is 6.42 Å². The Morgan fingerprint density at radius 3 is 2.39 bits per heavy atom. The largest absolute Gasteiger partial charge is 0.353 e. The fourth-order valence-corrected chi connectivity index (χ4v) is 1.71. The molecule has 0 aromatic heterocycles. The lowest BCUT2D eigenvalue weighted by Crippen LogP contribution is -2.27. The number of anilines is 1. The van der Waals surface area contributed by atoms with Gasteiger partial charge in [-0.15, -0.1) is 0 Å². The summed E-state index contributed by atoms with van der Waals surface area (Å²) in [6, 6.07) is 7.91. The lowest BCUT2D eigenvalue weighted by Gasteiger charge is -2.15. The van der Waals surface area contributed by atoms with Crippen LogP contribution in [0.3, 0.4) is 0 Å². The van der Waals surface area contributed by atoms with E-state index in [1.54, 1.807) is 11.9 Å². The minimum absolute atomic E-state index is 0.00535. The van der Waals surface area contributed by atoms with Gasteiger partial charge in [-0.3, -0.25) is 9.59 Å². The van der Waals surface area contributed by atoms with E-state index >= 15 is 0 Å². The van der Waals surface area contributed by atoms with Crippen molar-refractivity contribution in [1.29, 1.82) is 0 Å². The van der Waals surface area contributed by atoms with E-state index in [1.807, 2.05) is 24.3 Å². The molecule has 0 bridgehead atoms. The van der Waals surface area contributed by atoms with E-state index in [0.29, 0.717) is 12.5 Å². The van der Waals surface area contributed by atoms with Crippen molar-refractivity contribution in [3.05, 3.63) is 29.8 Å². The van der Waals surface area contributed by atoms with Crippen LogP contribution in [-0.2, 0) is 16.0 Å². The molecule has 1 aliphatic carbocycles. The van der Waals surface area contributed by atoms with Crippen LogP contribution in [0, 0.1) is 0 Å². The van der Waals surface area contributed by atoms with Gasteiger partial charge in [0.25, 0.3) is 0 Å². The van der Waals surface area contributed by atoms with Crippen molar-refractivity contribution in [2.75, 3.05) is 11.9 Å². The van der Waals surface area contributed by atoms with E-state index in [9.17, 15) is 9.59 Å². The summed E-state index contributed by atoms with van der Waals surface area (Å²) in [5, 5.41) is 2.95. The van der Waals surface area contributed by atoms with Crippen LogP contribution in [0.2, 0.25) is 0 Å². The minimum atomic E-state index is -0.00535. The summed E-state index contributed by atoms with van der Waals surface area (Å²) in [6.45, 7) is 1.52.